The molecule has 1 aromatic rings. The highest BCUT2D eigenvalue weighted by Crippen LogP contribution is 2.52. The normalized spacial score (nSPS) is 26.0. The fourth-order valence-electron chi connectivity index (χ4n) is 3.94. The Kier molecular flexibility index (Phi) is 3.60. The minimum absolute atomic E-state index is 0.187. The molecule has 8 heteroatoms. The molecular formula is C19H20N2O6. The Morgan fingerprint density at radius 1 is 1.07 bits per heavy atom. The van der Waals surface area contributed by atoms with E-state index in [-0.39, 0.29) is 17.0 Å². The van der Waals surface area contributed by atoms with E-state index in [1.165, 1.54) is 17.0 Å². The lowest BCUT2D eigenvalue weighted by atomic mass is 9.73. The summed E-state index contributed by atoms with van der Waals surface area (Å²) in [4.78, 5) is 56.7. The van der Waals surface area contributed by atoms with Crippen LogP contribution in [0.1, 0.15) is 54.3 Å². The van der Waals surface area contributed by atoms with Gasteiger partial charge in [0.2, 0.25) is 0 Å². The number of hydroxylamine groups is 2. The molecule has 1 saturated carbocycles. The van der Waals surface area contributed by atoms with Gasteiger partial charge in [0.1, 0.15) is 11.1 Å². The Hall–Kier alpha value is -2.90. The van der Waals surface area contributed by atoms with Crippen molar-refractivity contribution in [1.82, 2.24) is 9.96 Å². The molecule has 1 aliphatic carbocycles. The summed E-state index contributed by atoms with van der Waals surface area (Å²) in [5, 5.41) is 0.487. The number of rotatable bonds is 2. The van der Waals surface area contributed by atoms with Gasteiger partial charge in [0.25, 0.3) is 11.8 Å². The van der Waals surface area contributed by atoms with Crippen LogP contribution in [-0.4, -0.2) is 51.5 Å². The van der Waals surface area contributed by atoms with Gasteiger partial charge in [-0.15, -0.1) is 0 Å². The maximum Gasteiger partial charge on any atom is 0.411 e. The average molecular weight is 372 g/mol. The Bertz CT molecular complexity index is 830. The van der Waals surface area contributed by atoms with Crippen LogP contribution in [0.3, 0.4) is 0 Å². The van der Waals surface area contributed by atoms with Crippen LogP contribution >= 0.6 is 0 Å². The molecule has 0 atom stereocenters. The molecule has 27 heavy (non-hydrogen) atoms. The smallest absolute Gasteiger partial charge is 0.411 e. The number of carbonyl (C=O) groups excluding carboxylic acids is 4. The molecular weight excluding hydrogens is 352 g/mol. The molecule has 8 nitrogen and oxygen atoms in total. The van der Waals surface area contributed by atoms with Gasteiger partial charge in [0.05, 0.1) is 11.1 Å². The summed E-state index contributed by atoms with van der Waals surface area (Å²) in [6.45, 7) is 5.63. The molecule has 3 aliphatic heterocycles. The van der Waals surface area contributed by atoms with Gasteiger partial charge in [-0.1, -0.05) is 17.2 Å². The summed E-state index contributed by atoms with van der Waals surface area (Å²) in [6, 6.07) is 6.27. The number of imide groups is 1. The predicted octanol–water partition coefficient (Wildman–Crippen LogP) is 2.14. The lowest BCUT2D eigenvalue weighted by Gasteiger charge is -2.39. The number of fused-ring (bicyclic) bond motifs is 2. The molecule has 5 rings (SSSR count). The lowest BCUT2D eigenvalue weighted by molar-refractivity contribution is -0.184. The second kappa shape index (κ2) is 5.55. The predicted molar refractivity (Wildman–Crippen MR) is 91.4 cm³/mol. The van der Waals surface area contributed by atoms with Crippen LogP contribution in [0, 0.1) is 5.92 Å². The SMILES string of the molecule is CC(C)(C)OC(=O)N1CC2CC1(C(=O)ON1C(=O)c3ccccc3C1=O)C2. The van der Waals surface area contributed by atoms with Gasteiger partial charge >= 0.3 is 12.1 Å². The quantitative estimate of drug-likeness (QED) is 0.739. The summed E-state index contributed by atoms with van der Waals surface area (Å²) >= 11 is 0. The van der Waals surface area contributed by atoms with Crippen molar-refractivity contribution < 1.29 is 28.8 Å². The van der Waals surface area contributed by atoms with Crippen molar-refractivity contribution in [3.63, 3.8) is 0 Å². The minimum Gasteiger partial charge on any atom is -0.444 e. The summed E-state index contributed by atoms with van der Waals surface area (Å²) in [6.07, 6.45) is 0.282. The Morgan fingerprint density at radius 2 is 1.63 bits per heavy atom. The minimum atomic E-state index is -1.18. The van der Waals surface area contributed by atoms with Crippen molar-refractivity contribution >= 4 is 23.9 Å². The van der Waals surface area contributed by atoms with Crippen molar-refractivity contribution in [3.8, 4) is 0 Å². The molecule has 3 amide bonds. The zero-order valence-corrected chi connectivity index (χ0v) is 15.4. The molecule has 3 fully saturated rings. The van der Waals surface area contributed by atoms with Crippen LogP contribution in [0.5, 0.6) is 0 Å². The fraction of sp³-hybridized carbons (Fsp3) is 0.474. The first-order valence-electron chi connectivity index (χ1n) is 8.83. The Balaban J connectivity index is 1.53. The van der Waals surface area contributed by atoms with E-state index in [0.717, 1.165) is 0 Å². The van der Waals surface area contributed by atoms with Gasteiger partial charge in [0, 0.05) is 6.54 Å². The van der Waals surface area contributed by atoms with Crippen LogP contribution in [0.25, 0.3) is 0 Å². The van der Waals surface area contributed by atoms with Gasteiger partial charge < -0.3 is 9.57 Å². The third-order valence-electron chi connectivity index (χ3n) is 5.14. The number of carbonyl (C=O) groups is 4. The Labute approximate surface area is 156 Å². The van der Waals surface area contributed by atoms with Gasteiger partial charge in [0.15, 0.2) is 0 Å². The average Bonchev–Trinajstić information content (AvgIpc) is 3.19. The first kappa shape index (κ1) is 17.5. The highest BCUT2D eigenvalue weighted by Gasteiger charge is 2.65. The molecule has 2 saturated heterocycles. The highest BCUT2D eigenvalue weighted by molar-refractivity contribution is 6.21. The van der Waals surface area contributed by atoms with Crippen LogP contribution < -0.4 is 0 Å². The second-order valence-electron chi connectivity index (χ2n) is 8.23. The second-order valence-corrected chi connectivity index (χ2v) is 8.23. The molecule has 0 unspecified atom stereocenters. The summed E-state index contributed by atoms with van der Waals surface area (Å²) in [5.41, 5.74) is -1.50. The van der Waals surface area contributed by atoms with Gasteiger partial charge in [-0.3, -0.25) is 14.5 Å². The van der Waals surface area contributed by atoms with E-state index in [1.807, 2.05) is 0 Å². The van der Waals surface area contributed by atoms with E-state index in [9.17, 15) is 19.2 Å². The molecule has 0 spiro atoms. The topological polar surface area (TPSA) is 93.2 Å². The van der Waals surface area contributed by atoms with Crippen LogP contribution in [-0.2, 0) is 14.4 Å². The Morgan fingerprint density at radius 3 is 2.15 bits per heavy atom. The van der Waals surface area contributed by atoms with Crippen molar-refractivity contribution in [1.29, 1.82) is 0 Å². The third kappa shape index (κ3) is 2.58. The van der Waals surface area contributed by atoms with E-state index in [4.69, 9.17) is 9.57 Å². The van der Waals surface area contributed by atoms with Crippen molar-refractivity contribution in [2.45, 2.75) is 44.8 Å². The van der Waals surface area contributed by atoms with E-state index in [1.54, 1.807) is 32.9 Å². The monoisotopic (exact) mass is 372 g/mol. The van der Waals surface area contributed by atoms with Crippen LogP contribution in [0.15, 0.2) is 24.3 Å². The first-order valence-corrected chi connectivity index (χ1v) is 8.83. The zero-order valence-electron chi connectivity index (χ0n) is 15.4. The number of ether oxygens (including phenoxy) is 1. The molecule has 142 valence electrons. The number of hydrogen-bond donors (Lipinski definition) is 0. The summed E-state index contributed by atoms with van der Waals surface area (Å²) < 4.78 is 5.39. The summed E-state index contributed by atoms with van der Waals surface area (Å²) in [7, 11) is 0. The van der Waals surface area contributed by atoms with Crippen molar-refractivity contribution in [2.24, 2.45) is 5.92 Å². The van der Waals surface area contributed by atoms with Crippen LogP contribution in [0.2, 0.25) is 0 Å². The van der Waals surface area contributed by atoms with E-state index in [2.05, 4.69) is 0 Å². The number of hydrogen-bond acceptors (Lipinski definition) is 6. The molecule has 2 bridgehead atoms. The van der Waals surface area contributed by atoms with Crippen molar-refractivity contribution in [2.75, 3.05) is 6.54 Å². The molecule has 0 aromatic heterocycles. The fourth-order valence-corrected chi connectivity index (χ4v) is 3.94. The highest BCUT2D eigenvalue weighted by atomic mass is 16.7. The van der Waals surface area contributed by atoms with Gasteiger partial charge in [-0.05, 0) is 51.7 Å². The number of amides is 3. The summed E-state index contributed by atoms with van der Waals surface area (Å²) in [5.74, 6) is -1.96. The number of benzene rings is 1. The van der Waals surface area contributed by atoms with Gasteiger partial charge in [-0.2, -0.15) is 0 Å². The maximum atomic E-state index is 12.9. The van der Waals surface area contributed by atoms with E-state index < -0.39 is 35.0 Å². The maximum absolute atomic E-state index is 12.9. The third-order valence-corrected chi connectivity index (χ3v) is 5.14. The molecule has 0 N–H and O–H groups in total. The number of nitrogens with zero attached hydrogens (tertiary/aromatic N) is 2. The first-order chi connectivity index (χ1) is 12.6. The molecule has 0 radical (unpaired) electrons. The largest absolute Gasteiger partial charge is 0.444 e. The van der Waals surface area contributed by atoms with E-state index in [0.29, 0.717) is 24.4 Å². The standard InChI is InChI=1S/C19H20N2O6/c1-18(2,3)26-17(25)20-10-11-8-19(20,9-11)16(24)27-21-14(22)12-6-4-5-7-13(12)15(21)23/h4-7,11H,8-10H2,1-3H3. The zero-order chi connectivity index (χ0) is 19.6. The van der Waals surface area contributed by atoms with E-state index >= 15 is 0 Å². The molecule has 1 aromatic carbocycles. The van der Waals surface area contributed by atoms with Gasteiger partial charge in [-0.25, -0.2) is 9.59 Å². The van der Waals surface area contributed by atoms with Crippen molar-refractivity contribution in [3.05, 3.63) is 35.4 Å². The lowest BCUT2D eigenvalue weighted by Crippen LogP contribution is -2.57. The van der Waals surface area contributed by atoms with Crippen LogP contribution in [0.4, 0.5) is 4.79 Å². The molecule has 3 heterocycles. The molecule has 4 aliphatic rings.